The third-order valence-electron chi connectivity index (χ3n) is 4.78. The van der Waals surface area contributed by atoms with Crippen LogP contribution in [0.2, 0.25) is 0 Å². The summed E-state index contributed by atoms with van der Waals surface area (Å²) in [5, 5.41) is 3.54. The minimum atomic E-state index is 1.09. The molecule has 1 aromatic carbocycles. The number of unbranched alkanes of at least 4 members (excludes halogenated alkanes) is 1. The molecule has 0 radical (unpaired) electrons. The van der Waals surface area contributed by atoms with E-state index in [4.69, 9.17) is 0 Å². The molecule has 0 atom stereocenters. The van der Waals surface area contributed by atoms with Crippen LogP contribution in [0, 0.1) is 0 Å². The standard InChI is InChI=1S/C18H29N3/c1-2-3-8-19-18-7-6-16-14-21(15-17(16)13-18)12-11-20-9-4-5-10-20/h6-7,13,19H,2-5,8-12,14-15H2,1H3. The third-order valence-corrected chi connectivity index (χ3v) is 4.78. The SMILES string of the molecule is CCCCNc1ccc2c(c1)CN(CCN1CCCC1)C2. The Hall–Kier alpha value is -1.06. The maximum absolute atomic E-state index is 3.54. The van der Waals surface area contributed by atoms with Crippen LogP contribution < -0.4 is 5.32 Å². The highest BCUT2D eigenvalue weighted by Crippen LogP contribution is 2.25. The monoisotopic (exact) mass is 287 g/mol. The fourth-order valence-corrected chi connectivity index (χ4v) is 3.43. The van der Waals surface area contributed by atoms with E-state index < -0.39 is 0 Å². The van der Waals surface area contributed by atoms with Gasteiger partial charge in [-0.1, -0.05) is 19.4 Å². The van der Waals surface area contributed by atoms with Gasteiger partial charge in [0, 0.05) is 38.4 Å². The molecule has 0 aromatic heterocycles. The molecule has 0 spiro atoms. The molecule has 2 aliphatic rings. The van der Waals surface area contributed by atoms with Crippen LogP contribution >= 0.6 is 0 Å². The largest absolute Gasteiger partial charge is 0.385 e. The molecule has 1 fully saturated rings. The van der Waals surface area contributed by atoms with Crippen molar-refractivity contribution >= 4 is 5.69 Å². The molecule has 2 aliphatic heterocycles. The quantitative estimate of drug-likeness (QED) is 0.776. The summed E-state index contributed by atoms with van der Waals surface area (Å²) in [6.45, 7) is 10.7. The Labute approximate surface area is 129 Å². The van der Waals surface area contributed by atoms with E-state index in [1.807, 2.05) is 0 Å². The molecule has 2 heterocycles. The molecule has 0 bridgehead atoms. The lowest BCUT2D eigenvalue weighted by Crippen LogP contribution is -2.30. The Morgan fingerprint density at radius 3 is 2.57 bits per heavy atom. The highest BCUT2D eigenvalue weighted by Gasteiger charge is 2.20. The van der Waals surface area contributed by atoms with Crippen molar-refractivity contribution in [1.29, 1.82) is 0 Å². The Bertz CT molecular complexity index is 452. The Morgan fingerprint density at radius 1 is 1.00 bits per heavy atom. The van der Waals surface area contributed by atoms with Crippen molar-refractivity contribution in [2.75, 3.05) is 38.0 Å². The van der Waals surface area contributed by atoms with Crippen molar-refractivity contribution in [3.8, 4) is 0 Å². The predicted molar refractivity (Wildman–Crippen MR) is 89.6 cm³/mol. The summed E-state index contributed by atoms with van der Waals surface area (Å²) in [7, 11) is 0. The van der Waals surface area contributed by atoms with E-state index in [1.54, 1.807) is 0 Å². The second-order valence-electron chi connectivity index (χ2n) is 6.52. The van der Waals surface area contributed by atoms with Gasteiger partial charge in [0.05, 0.1) is 0 Å². The minimum absolute atomic E-state index is 1.09. The number of benzene rings is 1. The molecule has 3 heteroatoms. The number of hydrogen-bond donors (Lipinski definition) is 1. The van der Waals surface area contributed by atoms with Crippen molar-refractivity contribution < 1.29 is 0 Å². The number of nitrogens with zero attached hydrogens (tertiary/aromatic N) is 2. The number of likely N-dealkylation sites (tertiary alicyclic amines) is 1. The second-order valence-corrected chi connectivity index (χ2v) is 6.52. The van der Waals surface area contributed by atoms with Gasteiger partial charge in [-0.3, -0.25) is 4.90 Å². The van der Waals surface area contributed by atoms with Gasteiger partial charge in [-0.2, -0.15) is 0 Å². The summed E-state index contributed by atoms with van der Waals surface area (Å²) in [6.07, 6.45) is 5.29. The van der Waals surface area contributed by atoms with E-state index in [1.165, 1.54) is 68.7 Å². The summed E-state index contributed by atoms with van der Waals surface area (Å²) in [4.78, 5) is 5.21. The topological polar surface area (TPSA) is 18.5 Å². The van der Waals surface area contributed by atoms with Crippen LogP contribution in [0.5, 0.6) is 0 Å². The molecule has 0 amide bonds. The molecule has 0 aliphatic carbocycles. The molecule has 1 N–H and O–H groups in total. The highest BCUT2D eigenvalue weighted by atomic mass is 15.2. The molecule has 0 unspecified atom stereocenters. The van der Waals surface area contributed by atoms with E-state index >= 15 is 0 Å². The number of fused-ring (bicyclic) bond motifs is 1. The van der Waals surface area contributed by atoms with Crippen LogP contribution in [-0.4, -0.2) is 42.5 Å². The molecule has 3 nitrogen and oxygen atoms in total. The maximum Gasteiger partial charge on any atom is 0.0343 e. The molecule has 1 aromatic rings. The average Bonchev–Trinajstić information content (AvgIpc) is 3.14. The van der Waals surface area contributed by atoms with Gasteiger partial charge in [0.1, 0.15) is 0 Å². The number of anilines is 1. The Kier molecular flexibility index (Phi) is 5.15. The average molecular weight is 287 g/mol. The van der Waals surface area contributed by atoms with Crippen LogP contribution in [0.25, 0.3) is 0 Å². The summed E-state index contributed by atoms with van der Waals surface area (Å²) in [6, 6.07) is 6.93. The predicted octanol–water partition coefficient (Wildman–Crippen LogP) is 3.31. The number of nitrogens with one attached hydrogen (secondary N) is 1. The molecule has 21 heavy (non-hydrogen) atoms. The Balaban J connectivity index is 1.49. The molecule has 116 valence electrons. The van der Waals surface area contributed by atoms with Crippen molar-refractivity contribution in [3.05, 3.63) is 29.3 Å². The van der Waals surface area contributed by atoms with E-state index in [0.717, 1.165) is 19.6 Å². The summed E-state index contributed by atoms with van der Waals surface area (Å²) >= 11 is 0. The maximum atomic E-state index is 3.54. The lowest BCUT2D eigenvalue weighted by Gasteiger charge is -2.20. The first-order valence-electron chi connectivity index (χ1n) is 8.65. The zero-order valence-corrected chi connectivity index (χ0v) is 13.4. The van der Waals surface area contributed by atoms with E-state index in [0.29, 0.717) is 0 Å². The van der Waals surface area contributed by atoms with Crippen molar-refractivity contribution in [3.63, 3.8) is 0 Å². The zero-order chi connectivity index (χ0) is 14.5. The summed E-state index contributed by atoms with van der Waals surface area (Å²) in [5.74, 6) is 0. The van der Waals surface area contributed by atoms with Gasteiger partial charge in [-0.05, 0) is 55.6 Å². The van der Waals surface area contributed by atoms with Gasteiger partial charge < -0.3 is 10.2 Å². The first kappa shape index (κ1) is 14.9. The first-order chi connectivity index (χ1) is 10.3. The molecular weight excluding hydrogens is 258 g/mol. The summed E-state index contributed by atoms with van der Waals surface area (Å²) in [5.41, 5.74) is 4.35. The fraction of sp³-hybridized carbons (Fsp3) is 0.667. The third kappa shape index (κ3) is 3.98. The zero-order valence-electron chi connectivity index (χ0n) is 13.4. The molecule has 0 saturated carbocycles. The van der Waals surface area contributed by atoms with Crippen LogP contribution in [0.15, 0.2) is 18.2 Å². The van der Waals surface area contributed by atoms with Crippen LogP contribution in [0.1, 0.15) is 43.7 Å². The van der Waals surface area contributed by atoms with Gasteiger partial charge in [-0.15, -0.1) is 0 Å². The minimum Gasteiger partial charge on any atom is -0.385 e. The molecule has 1 saturated heterocycles. The van der Waals surface area contributed by atoms with Gasteiger partial charge in [0.25, 0.3) is 0 Å². The number of hydrogen-bond acceptors (Lipinski definition) is 3. The van der Waals surface area contributed by atoms with E-state index in [2.05, 4.69) is 40.2 Å². The lowest BCUT2D eigenvalue weighted by atomic mass is 10.1. The van der Waals surface area contributed by atoms with E-state index in [9.17, 15) is 0 Å². The van der Waals surface area contributed by atoms with Crippen molar-refractivity contribution in [1.82, 2.24) is 9.80 Å². The normalized spacial score (nSPS) is 19.1. The van der Waals surface area contributed by atoms with E-state index in [-0.39, 0.29) is 0 Å². The Morgan fingerprint density at radius 2 is 1.76 bits per heavy atom. The fourth-order valence-electron chi connectivity index (χ4n) is 3.43. The number of rotatable bonds is 7. The van der Waals surface area contributed by atoms with Crippen LogP contribution in [0.4, 0.5) is 5.69 Å². The molecule has 3 rings (SSSR count). The second kappa shape index (κ2) is 7.28. The smallest absolute Gasteiger partial charge is 0.0343 e. The van der Waals surface area contributed by atoms with Gasteiger partial charge in [-0.25, -0.2) is 0 Å². The van der Waals surface area contributed by atoms with Crippen molar-refractivity contribution in [2.45, 2.75) is 45.7 Å². The lowest BCUT2D eigenvalue weighted by molar-refractivity contribution is 0.228. The van der Waals surface area contributed by atoms with Gasteiger partial charge in [0.2, 0.25) is 0 Å². The summed E-state index contributed by atoms with van der Waals surface area (Å²) < 4.78 is 0. The van der Waals surface area contributed by atoms with Crippen LogP contribution in [-0.2, 0) is 13.1 Å². The highest BCUT2D eigenvalue weighted by molar-refractivity contribution is 5.49. The first-order valence-corrected chi connectivity index (χ1v) is 8.65. The molecular formula is C18H29N3. The van der Waals surface area contributed by atoms with Gasteiger partial charge >= 0.3 is 0 Å². The van der Waals surface area contributed by atoms with Gasteiger partial charge in [0.15, 0.2) is 0 Å². The van der Waals surface area contributed by atoms with Crippen molar-refractivity contribution in [2.24, 2.45) is 0 Å². The van der Waals surface area contributed by atoms with Crippen LogP contribution in [0.3, 0.4) is 0 Å².